The van der Waals surface area contributed by atoms with Crippen LogP contribution in [-0.2, 0) is 4.79 Å². The molecule has 1 unspecified atom stereocenters. The molecule has 15 heavy (non-hydrogen) atoms. The van der Waals surface area contributed by atoms with Crippen molar-refractivity contribution in [2.45, 2.75) is 25.5 Å². The van der Waals surface area contributed by atoms with Gasteiger partial charge < -0.3 is 15.7 Å². The van der Waals surface area contributed by atoms with E-state index in [0.29, 0.717) is 13.1 Å². The summed E-state index contributed by atoms with van der Waals surface area (Å²) in [5, 5.41) is 9.50. The first-order valence-corrected chi connectivity index (χ1v) is 5.28. The van der Waals surface area contributed by atoms with Gasteiger partial charge in [-0.25, -0.2) is 0 Å². The van der Waals surface area contributed by atoms with Crippen LogP contribution in [0.1, 0.15) is 13.8 Å². The molecular weight excluding hydrogens is 194 g/mol. The average Bonchev–Trinajstić information content (AvgIpc) is 2.19. The summed E-state index contributed by atoms with van der Waals surface area (Å²) in [7, 11) is 1.81. The summed E-state index contributed by atoms with van der Waals surface area (Å²) in [6.07, 6.45) is -0.555. The highest BCUT2D eigenvalue weighted by atomic mass is 16.3. The van der Waals surface area contributed by atoms with E-state index in [9.17, 15) is 9.90 Å². The Kier molecular flexibility index (Phi) is 3.70. The number of nitrogens with zero attached hydrogens (tertiary/aromatic N) is 2. The molecule has 0 aliphatic carbocycles. The SMILES string of the molecule is CN1CCN(CC(O)CN)C(C)(C)C1=O. The maximum absolute atomic E-state index is 11.9. The van der Waals surface area contributed by atoms with Crippen molar-refractivity contribution in [3.8, 4) is 0 Å². The number of aliphatic hydroxyl groups is 1. The fraction of sp³-hybridized carbons (Fsp3) is 0.900. The van der Waals surface area contributed by atoms with Crippen molar-refractivity contribution in [3.63, 3.8) is 0 Å². The topological polar surface area (TPSA) is 69.8 Å². The van der Waals surface area contributed by atoms with Crippen molar-refractivity contribution in [1.29, 1.82) is 0 Å². The summed E-state index contributed by atoms with van der Waals surface area (Å²) in [5.74, 6) is 0.0953. The number of likely N-dealkylation sites (N-methyl/N-ethyl adjacent to an activating group) is 1. The molecule has 0 aromatic rings. The summed E-state index contributed by atoms with van der Waals surface area (Å²) < 4.78 is 0. The Morgan fingerprint density at radius 3 is 2.67 bits per heavy atom. The highest BCUT2D eigenvalue weighted by Gasteiger charge is 2.40. The van der Waals surface area contributed by atoms with E-state index in [1.54, 1.807) is 11.9 Å². The quantitative estimate of drug-likeness (QED) is 0.624. The van der Waals surface area contributed by atoms with Crippen LogP contribution in [0.2, 0.25) is 0 Å². The molecule has 1 heterocycles. The molecule has 1 aliphatic rings. The molecule has 1 saturated heterocycles. The van der Waals surface area contributed by atoms with E-state index in [2.05, 4.69) is 0 Å². The Labute approximate surface area is 90.8 Å². The lowest BCUT2D eigenvalue weighted by atomic mass is 9.97. The lowest BCUT2D eigenvalue weighted by molar-refractivity contribution is -0.148. The third-order valence-electron chi connectivity index (χ3n) is 3.07. The minimum absolute atomic E-state index is 0.0953. The third-order valence-corrected chi connectivity index (χ3v) is 3.07. The second-order valence-electron chi connectivity index (χ2n) is 4.62. The van der Waals surface area contributed by atoms with Gasteiger partial charge in [0.15, 0.2) is 0 Å². The molecule has 1 amide bonds. The largest absolute Gasteiger partial charge is 0.390 e. The summed E-state index contributed by atoms with van der Waals surface area (Å²) in [4.78, 5) is 15.6. The van der Waals surface area contributed by atoms with Gasteiger partial charge in [-0.05, 0) is 13.8 Å². The van der Waals surface area contributed by atoms with Crippen LogP contribution < -0.4 is 5.73 Å². The number of hydrogen-bond acceptors (Lipinski definition) is 4. The van der Waals surface area contributed by atoms with Gasteiger partial charge in [-0.1, -0.05) is 0 Å². The molecule has 1 rings (SSSR count). The molecule has 0 spiro atoms. The molecule has 0 radical (unpaired) electrons. The van der Waals surface area contributed by atoms with Crippen molar-refractivity contribution in [3.05, 3.63) is 0 Å². The number of aliphatic hydroxyl groups excluding tert-OH is 1. The zero-order valence-corrected chi connectivity index (χ0v) is 9.73. The molecule has 1 atom stereocenters. The summed E-state index contributed by atoms with van der Waals surface area (Å²) >= 11 is 0. The second-order valence-corrected chi connectivity index (χ2v) is 4.62. The van der Waals surface area contributed by atoms with E-state index in [1.807, 2.05) is 18.7 Å². The number of rotatable bonds is 3. The number of carbonyl (C=O) groups is 1. The fourth-order valence-corrected chi connectivity index (χ4v) is 1.90. The fourth-order valence-electron chi connectivity index (χ4n) is 1.90. The lowest BCUT2D eigenvalue weighted by Crippen LogP contribution is -2.63. The molecule has 0 saturated carbocycles. The first kappa shape index (κ1) is 12.4. The van der Waals surface area contributed by atoms with Crippen molar-refractivity contribution in [2.75, 3.05) is 33.2 Å². The van der Waals surface area contributed by atoms with E-state index in [1.165, 1.54) is 0 Å². The zero-order valence-electron chi connectivity index (χ0n) is 9.73. The van der Waals surface area contributed by atoms with Crippen LogP contribution in [0.25, 0.3) is 0 Å². The first-order chi connectivity index (χ1) is 6.89. The van der Waals surface area contributed by atoms with Gasteiger partial charge in [-0.15, -0.1) is 0 Å². The monoisotopic (exact) mass is 215 g/mol. The van der Waals surface area contributed by atoms with Gasteiger partial charge >= 0.3 is 0 Å². The van der Waals surface area contributed by atoms with E-state index >= 15 is 0 Å². The van der Waals surface area contributed by atoms with Crippen LogP contribution in [0.15, 0.2) is 0 Å². The zero-order chi connectivity index (χ0) is 11.6. The van der Waals surface area contributed by atoms with Gasteiger partial charge in [0, 0.05) is 33.2 Å². The Morgan fingerprint density at radius 2 is 2.13 bits per heavy atom. The van der Waals surface area contributed by atoms with Crippen molar-refractivity contribution < 1.29 is 9.90 Å². The smallest absolute Gasteiger partial charge is 0.242 e. The van der Waals surface area contributed by atoms with Crippen LogP contribution in [0.3, 0.4) is 0 Å². The van der Waals surface area contributed by atoms with Crippen molar-refractivity contribution >= 4 is 5.91 Å². The van der Waals surface area contributed by atoms with Crippen LogP contribution in [0, 0.1) is 0 Å². The van der Waals surface area contributed by atoms with E-state index < -0.39 is 11.6 Å². The molecule has 0 aromatic carbocycles. The summed E-state index contributed by atoms with van der Waals surface area (Å²) in [6.45, 7) is 5.95. The van der Waals surface area contributed by atoms with Gasteiger partial charge in [0.25, 0.3) is 0 Å². The van der Waals surface area contributed by atoms with Crippen molar-refractivity contribution in [2.24, 2.45) is 5.73 Å². The molecule has 88 valence electrons. The maximum Gasteiger partial charge on any atom is 0.242 e. The highest BCUT2D eigenvalue weighted by Crippen LogP contribution is 2.21. The third kappa shape index (κ3) is 2.48. The molecule has 0 aromatic heterocycles. The Bertz CT molecular complexity index is 243. The van der Waals surface area contributed by atoms with E-state index in [0.717, 1.165) is 6.54 Å². The predicted molar refractivity (Wildman–Crippen MR) is 58.4 cm³/mol. The molecule has 3 N–H and O–H groups in total. The maximum atomic E-state index is 11.9. The van der Waals surface area contributed by atoms with Gasteiger partial charge in [-0.2, -0.15) is 0 Å². The Hall–Kier alpha value is -0.650. The Morgan fingerprint density at radius 1 is 1.53 bits per heavy atom. The van der Waals surface area contributed by atoms with Crippen LogP contribution in [0.5, 0.6) is 0 Å². The molecule has 0 bridgehead atoms. The van der Waals surface area contributed by atoms with Gasteiger partial charge in [0.2, 0.25) is 5.91 Å². The molecule has 1 fully saturated rings. The number of hydrogen-bond donors (Lipinski definition) is 2. The Balaban J connectivity index is 2.70. The number of nitrogens with two attached hydrogens (primary N) is 1. The molecular formula is C10H21N3O2. The average molecular weight is 215 g/mol. The number of amides is 1. The first-order valence-electron chi connectivity index (χ1n) is 5.28. The van der Waals surface area contributed by atoms with Gasteiger partial charge in [-0.3, -0.25) is 9.69 Å². The molecule has 5 heteroatoms. The second kappa shape index (κ2) is 4.47. The van der Waals surface area contributed by atoms with E-state index in [-0.39, 0.29) is 12.5 Å². The standard InChI is InChI=1S/C10H21N3O2/c1-10(2)9(15)12(3)4-5-13(10)7-8(14)6-11/h8,14H,4-7,11H2,1-3H3. The predicted octanol–water partition coefficient (Wildman–Crippen LogP) is -1.14. The summed E-state index contributed by atoms with van der Waals surface area (Å²) in [5.41, 5.74) is 4.83. The molecule has 1 aliphatic heterocycles. The van der Waals surface area contributed by atoms with Crippen LogP contribution in [0.4, 0.5) is 0 Å². The minimum atomic E-state index is -0.555. The number of piperazine rings is 1. The number of carbonyl (C=O) groups excluding carboxylic acids is 1. The highest BCUT2D eigenvalue weighted by molar-refractivity contribution is 5.86. The summed E-state index contributed by atoms with van der Waals surface area (Å²) in [6, 6.07) is 0. The molecule has 5 nitrogen and oxygen atoms in total. The van der Waals surface area contributed by atoms with E-state index in [4.69, 9.17) is 5.73 Å². The van der Waals surface area contributed by atoms with Gasteiger partial charge in [0.05, 0.1) is 11.6 Å². The number of β-amino-alcohol motifs (C(OH)–C–C–N with tert-alkyl or cyclic N) is 1. The normalized spacial score (nSPS) is 24.3. The van der Waals surface area contributed by atoms with Crippen LogP contribution in [-0.4, -0.2) is 65.7 Å². The lowest BCUT2D eigenvalue weighted by Gasteiger charge is -2.45. The van der Waals surface area contributed by atoms with Crippen LogP contribution >= 0.6 is 0 Å². The van der Waals surface area contributed by atoms with Gasteiger partial charge in [0.1, 0.15) is 0 Å². The van der Waals surface area contributed by atoms with Crippen molar-refractivity contribution in [1.82, 2.24) is 9.80 Å². The minimum Gasteiger partial charge on any atom is -0.390 e.